The molecule has 11 heteroatoms. The second-order valence-corrected chi connectivity index (χ2v) is 9.72. The summed E-state index contributed by atoms with van der Waals surface area (Å²) in [6, 6.07) is 9.46. The van der Waals surface area contributed by atoms with Gasteiger partial charge in [0, 0.05) is 11.8 Å². The first-order valence-electron chi connectivity index (χ1n) is 10.6. The van der Waals surface area contributed by atoms with E-state index in [4.69, 9.17) is 27.0 Å². The molecule has 0 bridgehead atoms. The van der Waals surface area contributed by atoms with Gasteiger partial charge in [-0.1, -0.05) is 0 Å². The van der Waals surface area contributed by atoms with Gasteiger partial charge in [0.15, 0.2) is 22.7 Å². The molecule has 1 amide bonds. The minimum atomic E-state index is -4.78. The van der Waals surface area contributed by atoms with Gasteiger partial charge in [-0.3, -0.25) is 9.69 Å². The number of halogens is 3. The van der Waals surface area contributed by atoms with Crippen LogP contribution in [0.25, 0.3) is 0 Å². The van der Waals surface area contributed by atoms with Crippen molar-refractivity contribution >= 4 is 34.6 Å². The van der Waals surface area contributed by atoms with Crippen LogP contribution in [0.3, 0.4) is 0 Å². The molecule has 1 fully saturated rings. The molecule has 0 aliphatic carbocycles. The van der Waals surface area contributed by atoms with E-state index in [9.17, 15) is 23.1 Å². The summed E-state index contributed by atoms with van der Waals surface area (Å²) in [5.41, 5.74) is -3.67. The van der Waals surface area contributed by atoms with Crippen LogP contribution in [-0.2, 0) is 11.0 Å². The van der Waals surface area contributed by atoms with Crippen LogP contribution in [0, 0.1) is 11.3 Å². The summed E-state index contributed by atoms with van der Waals surface area (Å²) in [4.78, 5) is 15.9. The Labute approximate surface area is 205 Å². The van der Waals surface area contributed by atoms with Gasteiger partial charge in [0.2, 0.25) is 0 Å². The van der Waals surface area contributed by atoms with Crippen LogP contribution in [-0.4, -0.2) is 40.0 Å². The number of carbonyl (C=O) groups excluding carboxylic acids is 1. The van der Waals surface area contributed by atoms with E-state index in [-0.39, 0.29) is 17.4 Å². The Bertz CT molecular complexity index is 1260. The number of hydrogen-bond donors (Lipinski definition) is 1. The highest BCUT2D eigenvalue weighted by atomic mass is 32.1. The third-order valence-electron chi connectivity index (χ3n) is 5.99. The molecular formula is C24H22F3N3O4S. The van der Waals surface area contributed by atoms with Crippen LogP contribution in [0.1, 0.15) is 38.8 Å². The fourth-order valence-electron chi connectivity index (χ4n) is 4.01. The topological polar surface area (TPSA) is 86.0 Å². The normalized spacial score (nSPS) is 19.7. The lowest BCUT2D eigenvalue weighted by atomic mass is 10.0. The van der Waals surface area contributed by atoms with E-state index >= 15 is 0 Å². The zero-order valence-electron chi connectivity index (χ0n) is 19.3. The predicted octanol–water partition coefficient (Wildman–Crippen LogP) is 4.40. The number of amides is 1. The van der Waals surface area contributed by atoms with Crippen LogP contribution in [0.15, 0.2) is 36.4 Å². The van der Waals surface area contributed by atoms with Crippen LogP contribution < -0.4 is 19.3 Å². The summed E-state index contributed by atoms with van der Waals surface area (Å²) >= 11 is 5.55. The van der Waals surface area contributed by atoms with Crippen molar-refractivity contribution in [1.82, 2.24) is 0 Å². The van der Waals surface area contributed by atoms with E-state index < -0.39 is 40.5 Å². The number of nitrogens with zero attached hydrogens (tertiary/aromatic N) is 3. The Hall–Kier alpha value is -3.36. The third-order valence-corrected chi connectivity index (χ3v) is 6.35. The number of aliphatic hydroxyl groups is 1. The molecule has 0 saturated carbocycles. The summed E-state index contributed by atoms with van der Waals surface area (Å²) in [7, 11) is 0. The smallest absolute Gasteiger partial charge is 0.417 e. The van der Waals surface area contributed by atoms with E-state index in [1.54, 1.807) is 45.9 Å². The van der Waals surface area contributed by atoms with Crippen molar-refractivity contribution in [3.8, 4) is 17.6 Å². The standard InChI is InChI=1S/C24H22F3N3O4S/c1-22(2)20(31)29(14-6-5-13(11-28)16(9-14)24(25,26)27)21(35)30(22)15-7-8-17-18(10-15)33-12-19(34-17)23(3,4)32/h5-10,19,32H,12H2,1-4H3. The highest BCUT2D eigenvalue weighted by molar-refractivity contribution is 7.81. The monoisotopic (exact) mass is 505 g/mol. The number of ether oxygens (including phenoxy) is 2. The molecule has 1 unspecified atom stereocenters. The number of carbonyl (C=O) groups is 1. The Morgan fingerprint density at radius 1 is 1.14 bits per heavy atom. The minimum absolute atomic E-state index is 0.0242. The maximum Gasteiger partial charge on any atom is 0.417 e. The lowest BCUT2D eigenvalue weighted by Gasteiger charge is -2.35. The molecule has 4 rings (SSSR count). The van der Waals surface area contributed by atoms with Gasteiger partial charge < -0.3 is 19.5 Å². The Kier molecular flexibility index (Phi) is 5.73. The maximum atomic E-state index is 13.5. The molecular weight excluding hydrogens is 483 g/mol. The van der Waals surface area contributed by atoms with Crippen molar-refractivity contribution in [2.24, 2.45) is 0 Å². The summed E-state index contributed by atoms with van der Waals surface area (Å²) < 4.78 is 52.1. The molecule has 0 spiro atoms. The SMILES string of the molecule is CC(C)(O)C1COc2cc(N3C(=S)N(c4ccc(C#N)c(C(F)(F)F)c4)C(=O)C3(C)C)ccc2O1. The number of hydrogen-bond acceptors (Lipinski definition) is 6. The number of benzene rings is 2. The first-order valence-corrected chi connectivity index (χ1v) is 11.0. The predicted molar refractivity (Wildman–Crippen MR) is 125 cm³/mol. The lowest BCUT2D eigenvalue weighted by molar-refractivity contribution is -0.137. The molecule has 1 atom stereocenters. The van der Waals surface area contributed by atoms with Crippen molar-refractivity contribution in [3.63, 3.8) is 0 Å². The van der Waals surface area contributed by atoms with Gasteiger partial charge >= 0.3 is 6.18 Å². The molecule has 0 aromatic heterocycles. The first-order chi connectivity index (χ1) is 16.2. The molecule has 7 nitrogen and oxygen atoms in total. The van der Waals surface area contributed by atoms with Crippen molar-refractivity contribution in [2.45, 2.75) is 51.1 Å². The van der Waals surface area contributed by atoms with E-state index in [2.05, 4.69) is 0 Å². The van der Waals surface area contributed by atoms with Crippen LogP contribution in [0.2, 0.25) is 0 Å². The third kappa shape index (κ3) is 4.17. The van der Waals surface area contributed by atoms with Gasteiger partial charge in [0.05, 0.1) is 28.5 Å². The molecule has 1 N–H and O–H groups in total. The second-order valence-electron chi connectivity index (χ2n) is 9.36. The van der Waals surface area contributed by atoms with Crippen molar-refractivity contribution in [2.75, 3.05) is 16.4 Å². The average Bonchev–Trinajstić information content (AvgIpc) is 2.95. The quantitative estimate of drug-likeness (QED) is 0.619. The number of thiocarbonyl (C=S) groups is 1. The molecule has 2 aliphatic heterocycles. The zero-order valence-corrected chi connectivity index (χ0v) is 20.1. The van der Waals surface area contributed by atoms with Crippen molar-refractivity contribution in [3.05, 3.63) is 47.5 Å². The maximum absolute atomic E-state index is 13.5. The van der Waals surface area contributed by atoms with Crippen LogP contribution in [0.5, 0.6) is 11.5 Å². The summed E-state index contributed by atoms with van der Waals surface area (Å²) in [5.74, 6) is 0.252. The highest BCUT2D eigenvalue weighted by Crippen LogP contribution is 2.43. The molecule has 2 aromatic carbocycles. The van der Waals surface area contributed by atoms with Crippen molar-refractivity contribution < 1.29 is 32.5 Å². The molecule has 2 aromatic rings. The first kappa shape index (κ1) is 24.8. The molecule has 2 heterocycles. The minimum Gasteiger partial charge on any atom is -0.486 e. The number of anilines is 2. The average molecular weight is 506 g/mol. The lowest BCUT2D eigenvalue weighted by Crippen LogP contribution is -2.46. The fraction of sp³-hybridized carbons (Fsp3) is 0.375. The van der Waals surface area contributed by atoms with E-state index in [1.165, 1.54) is 17.0 Å². The Balaban J connectivity index is 1.72. The molecule has 35 heavy (non-hydrogen) atoms. The van der Waals surface area contributed by atoms with E-state index in [1.807, 2.05) is 0 Å². The van der Waals surface area contributed by atoms with Gasteiger partial charge in [0.25, 0.3) is 5.91 Å². The summed E-state index contributed by atoms with van der Waals surface area (Å²) in [6.07, 6.45) is -5.36. The zero-order chi connectivity index (χ0) is 25.9. The van der Waals surface area contributed by atoms with Crippen LogP contribution in [0.4, 0.5) is 24.5 Å². The molecule has 2 aliphatic rings. The Morgan fingerprint density at radius 3 is 2.40 bits per heavy atom. The second kappa shape index (κ2) is 8.10. The number of fused-ring (bicyclic) bond motifs is 1. The van der Waals surface area contributed by atoms with E-state index in [0.29, 0.717) is 17.2 Å². The van der Waals surface area contributed by atoms with E-state index in [0.717, 1.165) is 17.0 Å². The van der Waals surface area contributed by atoms with Gasteiger partial charge in [-0.05, 0) is 70.2 Å². The highest BCUT2D eigenvalue weighted by Gasteiger charge is 2.51. The van der Waals surface area contributed by atoms with Gasteiger partial charge in [-0.15, -0.1) is 0 Å². The molecule has 1 saturated heterocycles. The largest absolute Gasteiger partial charge is 0.486 e. The van der Waals surface area contributed by atoms with Gasteiger partial charge in [0.1, 0.15) is 12.1 Å². The Morgan fingerprint density at radius 2 is 1.80 bits per heavy atom. The molecule has 0 radical (unpaired) electrons. The summed E-state index contributed by atoms with van der Waals surface area (Å²) in [5, 5.41) is 19.3. The van der Waals surface area contributed by atoms with Crippen LogP contribution >= 0.6 is 12.2 Å². The van der Waals surface area contributed by atoms with Gasteiger partial charge in [-0.25, -0.2) is 0 Å². The number of nitriles is 1. The molecule has 184 valence electrons. The number of alkyl halides is 3. The number of rotatable bonds is 3. The van der Waals surface area contributed by atoms with Crippen molar-refractivity contribution in [1.29, 1.82) is 5.26 Å². The van der Waals surface area contributed by atoms with Gasteiger partial charge in [-0.2, -0.15) is 18.4 Å². The summed E-state index contributed by atoms with van der Waals surface area (Å²) in [6.45, 7) is 6.54. The fourth-order valence-corrected chi connectivity index (χ4v) is 4.53.